The van der Waals surface area contributed by atoms with Crippen LogP contribution >= 0.6 is 15.8 Å². The van der Waals surface area contributed by atoms with Crippen LogP contribution in [0, 0.1) is 0 Å². The lowest BCUT2D eigenvalue weighted by atomic mass is 10.9. The van der Waals surface area contributed by atoms with Crippen LogP contribution in [0.3, 0.4) is 0 Å². The van der Waals surface area contributed by atoms with E-state index in [0.29, 0.717) is 19.8 Å². The molecular weight excluding hydrogens is 198 g/mol. The topological polar surface area (TPSA) is 44.8 Å². The predicted molar refractivity (Wildman–Crippen MR) is 49.4 cm³/mol. The molecule has 0 rings (SSSR count). The van der Waals surface area contributed by atoms with Gasteiger partial charge in [0.05, 0.1) is 19.8 Å². The third-order valence-corrected chi connectivity index (χ3v) is 4.57. The maximum absolute atomic E-state index is 10.8. The SMILES string of the molecule is CCO[P+](OCC)(OCC)P=O. The second-order valence-corrected chi connectivity index (χ2v) is 5.64. The van der Waals surface area contributed by atoms with Gasteiger partial charge >= 0.3 is 15.8 Å². The molecule has 0 spiro atoms. The molecule has 0 aromatic heterocycles. The van der Waals surface area contributed by atoms with Crippen molar-refractivity contribution in [2.75, 3.05) is 19.8 Å². The third-order valence-electron chi connectivity index (χ3n) is 0.977. The summed E-state index contributed by atoms with van der Waals surface area (Å²) in [5, 5.41) is 0. The number of hydrogen-bond donors (Lipinski definition) is 0. The Morgan fingerprint density at radius 2 is 1.33 bits per heavy atom. The highest BCUT2D eigenvalue weighted by Gasteiger charge is 2.47. The molecule has 12 heavy (non-hydrogen) atoms. The maximum atomic E-state index is 10.8. The fourth-order valence-electron chi connectivity index (χ4n) is 0.672. The number of hydrogen-bond acceptors (Lipinski definition) is 4. The summed E-state index contributed by atoms with van der Waals surface area (Å²) in [7, 11) is -2.75. The van der Waals surface area contributed by atoms with Crippen LogP contribution in [0.15, 0.2) is 0 Å². The first-order chi connectivity index (χ1) is 5.74. The van der Waals surface area contributed by atoms with E-state index in [-0.39, 0.29) is 8.15 Å². The Morgan fingerprint density at radius 3 is 1.50 bits per heavy atom. The molecule has 4 nitrogen and oxygen atoms in total. The molecule has 72 valence electrons. The first-order valence-electron chi connectivity index (χ1n) is 3.92. The molecule has 6 heteroatoms. The van der Waals surface area contributed by atoms with Crippen molar-refractivity contribution in [2.24, 2.45) is 0 Å². The summed E-state index contributed by atoms with van der Waals surface area (Å²) in [5.41, 5.74) is 0. The monoisotopic (exact) mass is 213 g/mol. The van der Waals surface area contributed by atoms with Crippen LogP contribution in [-0.2, 0) is 18.1 Å². The zero-order valence-corrected chi connectivity index (χ0v) is 9.44. The van der Waals surface area contributed by atoms with E-state index in [1.54, 1.807) is 0 Å². The third kappa shape index (κ3) is 3.88. The summed E-state index contributed by atoms with van der Waals surface area (Å²) in [6.07, 6.45) is 0. The molecule has 0 aromatic rings. The molecule has 0 atom stereocenters. The second kappa shape index (κ2) is 6.88. The molecule has 0 saturated heterocycles. The average Bonchev–Trinajstić information content (AvgIpc) is 2.06. The molecule has 0 saturated carbocycles. The molecule has 0 bridgehead atoms. The average molecular weight is 213 g/mol. The van der Waals surface area contributed by atoms with Crippen molar-refractivity contribution in [1.29, 1.82) is 0 Å². The molecule has 0 aromatic carbocycles. The summed E-state index contributed by atoms with van der Waals surface area (Å²) < 4.78 is 26.4. The minimum Gasteiger partial charge on any atom is -0.217 e. The molecule has 0 radical (unpaired) electrons. The van der Waals surface area contributed by atoms with E-state index in [0.717, 1.165) is 0 Å². The van der Waals surface area contributed by atoms with E-state index in [1.165, 1.54) is 0 Å². The van der Waals surface area contributed by atoms with Gasteiger partial charge in [-0.2, -0.15) is 13.6 Å². The van der Waals surface area contributed by atoms with Gasteiger partial charge in [0.2, 0.25) is 0 Å². The molecule has 0 unspecified atom stereocenters. The van der Waals surface area contributed by atoms with Crippen LogP contribution in [-0.4, -0.2) is 19.8 Å². The Kier molecular flexibility index (Phi) is 7.11. The summed E-state index contributed by atoms with van der Waals surface area (Å²) >= 11 is 0. The van der Waals surface area contributed by atoms with Gasteiger partial charge in [-0.1, -0.05) is 0 Å². The molecular formula is C6H15O4P2+. The lowest BCUT2D eigenvalue weighted by molar-refractivity contribution is 0.167. The summed E-state index contributed by atoms with van der Waals surface area (Å²) in [6.45, 7) is 6.79. The lowest BCUT2D eigenvalue weighted by Gasteiger charge is -2.12. The van der Waals surface area contributed by atoms with Crippen molar-refractivity contribution in [1.82, 2.24) is 0 Å². The largest absolute Gasteiger partial charge is 0.508 e. The van der Waals surface area contributed by atoms with Crippen molar-refractivity contribution in [2.45, 2.75) is 20.8 Å². The Balaban J connectivity index is 4.16. The van der Waals surface area contributed by atoms with Crippen LogP contribution in [0.2, 0.25) is 0 Å². The number of rotatable bonds is 7. The molecule has 0 heterocycles. The maximum Gasteiger partial charge on any atom is 0.508 e. The van der Waals surface area contributed by atoms with E-state index in [4.69, 9.17) is 13.6 Å². The van der Waals surface area contributed by atoms with Crippen LogP contribution in [0.4, 0.5) is 0 Å². The van der Waals surface area contributed by atoms with Gasteiger partial charge in [-0.05, 0) is 20.8 Å². The summed E-state index contributed by atoms with van der Waals surface area (Å²) in [4.78, 5) is 0. The Morgan fingerprint density at radius 1 is 1.00 bits per heavy atom. The fraction of sp³-hybridized carbons (Fsp3) is 1.00. The Bertz CT molecular complexity index is 114. The van der Waals surface area contributed by atoms with E-state index in [2.05, 4.69) is 0 Å². The van der Waals surface area contributed by atoms with E-state index >= 15 is 0 Å². The van der Waals surface area contributed by atoms with Gasteiger partial charge in [0.1, 0.15) is 0 Å². The normalized spacial score (nSPS) is 12.2. The smallest absolute Gasteiger partial charge is 0.217 e. The van der Waals surface area contributed by atoms with Crippen molar-refractivity contribution in [3.8, 4) is 0 Å². The van der Waals surface area contributed by atoms with Gasteiger partial charge in [-0.25, -0.2) is 4.57 Å². The molecule has 0 amide bonds. The first kappa shape index (κ1) is 12.4. The lowest BCUT2D eigenvalue weighted by Crippen LogP contribution is -2.01. The van der Waals surface area contributed by atoms with Gasteiger partial charge in [-0.15, -0.1) is 0 Å². The van der Waals surface area contributed by atoms with Crippen molar-refractivity contribution >= 4 is 15.8 Å². The van der Waals surface area contributed by atoms with Crippen molar-refractivity contribution in [3.05, 3.63) is 0 Å². The Labute approximate surface area is 75.3 Å². The van der Waals surface area contributed by atoms with E-state index < -0.39 is 7.63 Å². The molecule has 0 aliphatic rings. The standard InChI is InChI=1S/C6H15O4P2/c1-4-8-12(11-7,9-5-2)10-6-3/h4-6H2,1-3H3/q+1. The van der Waals surface area contributed by atoms with Crippen LogP contribution in [0.25, 0.3) is 0 Å². The molecule has 0 aliphatic carbocycles. The van der Waals surface area contributed by atoms with Gasteiger partial charge in [0, 0.05) is 0 Å². The summed E-state index contributed by atoms with van der Waals surface area (Å²) in [5.74, 6) is 0. The minimum atomic E-state index is -2.56. The summed E-state index contributed by atoms with van der Waals surface area (Å²) in [6, 6.07) is 0. The van der Waals surface area contributed by atoms with Crippen molar-refractivity contribution < 1.29 is 18.1 Å². The highest BCUT2D eigenvalue weighted by molar-refractivity contribution is 8.19. The van der Waals surface area contributed by atoms with E-state index in [1.807, 2.05) is 20.8 Å². The second-order valence-electron chi connectivity index (χ2n) is 1.80. The van der Waals surface area contributed by atoms with E-state index in [9.17, 15) is 4.57 Å². The molecule has 0 fully saturated rings. The zero-order valence-electron chi connectivity index (χ0n) is 7.65. The highest BCUT2D eigenvalue weighted by Crippen LogP contribution is 2.72. The Hall–Kier alpha value is 0.410. The van der Waals surface area contributed by atoms with Gasteiger partial charge in [0.15, 0.2) is 0 Å². The first-order valence-corrected chi connectivity index (χ1v) is 6.98. The van der Waals surface area contributed by atoms with Crippen LogP contribution in [0.1, 0.15) is 20.8 Å². The van der Waals surface area contributed by atoms with Crippen molar-refractivity contribution in [3.63, 3.8) is 0 Å². The molecule has 0 aliphatic heterocycles. The minimum absolute atomic E-state index is 0.190. The van der Waals surface area contributed by atoms with Gasteiger partial charge in [0.25, 0.3) is 0 Å². The highest BCUT2D eigenvalue weighted by atomic mass is 32.1. The quantitative estimate of drug-likeness (QED) is 0.609. The molecule has 0 N–H and O–H groups in total. The van der Waals surface area contributed by atoms with Crippen LogP contribution in [0.5, 0.6) is 0 Å². The van der Waals surface area contributed by atoms with Gasteiger partial charge < -0.3 is 0 Å². The van der Waals surface area contributed by atoms with Gasteiger partial charge in [-0.3, -0.25) is 0 Å². The predicted octanol–water partition coefficient (Wildman–Crippen LogP) is 3.07. The fourth-order valence-corrected chi connectivity index (χ4v) is 3.48. The van der Waals surface area contributed by atoms with Crippen LogP contribution < -0.4 is 0 Å². The zero-order chi connectivity index (χ0) is 9.45.